The van der Waals surface area contributed by atoms with Crippen LogP contribution in [0.2, 0.25) is 0 Å². The number of hydrogen-bond donors (Lipinski definition) is 2. The maximum absolute atomic E-state index is 4.91. The van der Waals surface area contributed by atoms with E-state index in [0.717, 1.165) is 70.9 Å². The summed E-state index contributed by atoms with van der Waals surface area (Å²) in [4.78, 5) is 26.2. The van der Waals surface area contributed by atoms with Crippen molar-refractivity contribution in [2.75, 3.05) is 38.1 Å². The first kappa shape index (κ1) is 18.0. The zero-order chi connectivity index (χ0) is 20.8. The summed E-state index contributed by atoms with van der Waals surface area (Å²) in [6.45, 7) is 4.02. The highest BCUT2D eigenvalue weighted by atomic mass is 15.3. The van der Waals surface area contributed by atoms with E-state index in [1.165, 1.54) is 0 Å². The summed E-state index contributed by atoms with van der Waals surface area (Å²) in [6, 6.07) is 8.05. The van der Waals surface area contributed by atoms with Gasteiger partial charge < -0.3 is 14.8 Å². The van der Waals surface area contributed by atoms with E-state index in [9.17, 15) is 0 Å². The van der Waals surface area contributed by atoms with Gasteiger partial charge in [0.2, 0.25) is 0 Å². The molecular weight excluding hydrogens is 390 g/mol. The average Bonchev–Trinajstić information content (AvgIpc) is 3.43. The molecule has 9 nitrogen and oxygen atoms in total. The van der Waals surface area contributed by atoms with E-state index >= 15 is 0 Å². The van der Waals surface area contributed by atoms with E-state index in [2.05, 4.69) is 53.0 Å². The predicted octanol–water partition coefficient (Wildman–Crippen LogP) is 2.71. The molecule has 0 aliphatic carbocycles. The number of H-pyrrole nitrogens is 2. The summed E-state index contributed by atoms with van der Waals surface area (Å²) < 4.78 is 0. The normalized spacial score (nSPS) is 15.2. The van der Waals surface area contributed by atoms with Gasteiger partial charge in [0.1, 0.15) is 11.2 Å². The Labute approximate surface area is 178 Å². The van der Waals surface area contributed by atoms with Crippen LogP contribution in [0.4, 0.5) is 5.69 Å². The minimum absolute atomic E-state index is 0.681. The molecule has 6 heterocycles. The fourth-order valence-corrected chi connectivity index (χ4v) is 4.09. The van der Waals surface area contributed by atoms with Gasteiger partial charge in [-0.3, -0.25) is 10.1 Å². The Morgan fingerprint density at radius 3 is 2.68 bits per heavy atom. The summed E-state index contributed by atoms with van der Waals surface area (Å²) in [6.07, 6.45) is 7.25. The van der Waals surface area contributed by atoms with Crippen LogP contribution in [0, 0.1) is 0 Å². The molecule has 0 saturated carbocycles. The lowest BCUT2D eigenvalue weighted by Crippen LogP contribution is -2.44. The second-order valence-corrected chi connectivity index (χ2v) is 7.84. The quantitative estimate of drug-likeness (QED) is 0.471. The Hall–Kier alpha value is -3.85. The summed E-state index contributed by atoms with van der Waals surface area (Å²) in [7, 11) is 2.16. The van der Waals surface area contributed by atoms with Crippen LogP contribution in [0.3, 0.4) is 0 Å². The zero-order valence-electron chi connectivity index (χ0n) is 17.1. The van der Waals surface area contributed by atoms with Gasteiger partial charge >= 0.3 is 0 Å². The molecule has 0 radical (unpaired) electrons. The van der Waals surface area contributed by atoms with Crippen LogP contribution in [-0.4, -0.2) is 73.2 Å². The summed E-state index contributed by atoms with van der Waals surface area (Å²) >= 11 is 0. The molecule has 2 N–H and O–H groups in total. The first-order valence-electron chi connectivity index (χ1n) is 10.3. The SMILES string of the molecule is CN1CCN(c2ccnc3[nH]c(-c4n[nH]c5ncc(-c6cccnc6)cc45)nc23)CC1. The van der Waals surface area contributed by atoms with Crippen molar-refractivity contribution in [3.05, 3.63) is 49.1 Å². The molecule has 154 valence electrons. The Balaban J connectivity index is 1.44. The van der Waals surface area contributed by atoms with Crippen molar-refractivity contribution in [2.45, 2.75) is 0 Å². The van der Waals surface area contributed by atoms with Crippen LogP contribution in [0.15, 0.2) is 49.1 Å². The number of pyridine rings is 3. The van der Waals surface area contributed by atoms with Gasteiger partial charge in [-0.15, -0.1) is 0 Å². The van der Waals surface area contributed by atoms with Gasteiger partial charge in [-0.25, -0.2) is 15.0 Å². The van der Waals surface area contributed by atoms with Gasteiger partial charge in [0.05, 0.1) is 11.1 Å². The number of hydrogen-bond acceptors (Lipinski definition) is 7. The van der Waals surface area contributed by atoms with Crippen LogP contribution in [-0.2, 0) is 0 Å². The second-order valence-electron chi connectivity index (χ2n) is 7.84. The topological polar surface area (TPSA) is 103 Å². The maximum atomic E-state index is 4.91. The lowest BCUT2D eigenvalue weighted by molar-refractivity contribution is 0.313. The molecule has 31 heavy (non-hydrogen) atoms. The fraction of sp³-hybridized carbons (Fsp3) is 0.227. The van der Waals surface area contributed by atoms with Crippen molar-refractivity contribution >= 4 is 27.9 Å². The summed E-state index contributed by atoms with van der Waals surface area (Å²) in [5.41, 5.74) is 6.18. The van der Waals surface area contributed by atoms with Gasteiger partial charge in [-0.05, 0) is 25.2 Å². The largest absolute Gasteiger partial charge is 0.367 e. The number of nitrogens with zero attached hydrogens (tertiary/aromatic N) is 7. The summed E-state index contributed by atoms with van der Waals surface area (Å²) in [5, 5.41) is 8.43. The van der Waals surface area contributed by atoms with Gasteiger partial charge in [0, 0.05) is 62.1 Å². The number of rotatable bonds is 3. The highest BCUT2D eigenvalue weighted by Gasteiger charge is 2.20. The first-order valence-corrected chi connectivity index (χ1v) is 10.3. The number of imidazole rings is 1. The molecule has 1 saturated heterocycles. The van der Waals surface area contributed by atoms with Crippen LogP contribution in [0.1, 0.15) is 0 Å². The van der Waals surface area contributed by atoms with Crippen molar-refractivity contribution in [2.24, 2.45) is 0 Å². The highest BCUT2D eigenvalue weighted by molar-refractivity contribution is 5.95. The fourth-order valence-electron chi connectivity index (χ4n) is 4.09. The molecule has 0 unspecified atom stereocenters. The minimum Gasteiger partial charge on any atom is -0.367 e. The Morgan fingerprint density at radius 2 is 1.84 bits per heavy atom. The third-order valence-electron chi connectivity index (χ3n) is 5.84. The number of likely N-dealkylation sites (N-methyl/N-ethyl adjacent to an activating group) is 1. The van der Waals surface area contributed by atoms with E-state index in [1.54, 1.807) is 6.20 Å². The Kier molecular flexibility index (Phi) is 4.13. The van der Waals surface area contributed by atoms with Crippen molar-refractivity contribution in [3.63, 3.8) is 0 Å². The van der Waals surface area contributed by atoms with Gasteiger partial charge in [0.15, 0.2) is 17.1 Å². The van der Waals surface area contributed by atoms with Gasteiger partial charge in [-0.2, -0.15) is 5.10 Å². The molecule has 9 heteroatoms. The first-order chi connectivity index (χ1) is 15.3. The second kappa shape index (κ2) is 7.13. The molecule has 5 aromatic heterocycles. The standard InChI is InChI=1S/C22H21N9/c1-30-7-9-31(10-8-30)17-4-6-24-21-19(17)26-22(27-21)18-16-11-15(13-25-20(16)29-28-18)14-3-2-5-23-12-14/h2-6,11-13H,7-10H2,1H3,(H,24,26,27)(H,25,28,29). The van der Waals surface area contributed by atoms with Crippen LogP contribution in [0.25, 0.3) is 44.8 Å². The van der Waals surface area contributed by atoms with Crippen LogP contribution in [0.5, 0.6) is 0 Å². The lowest BCUT2D eigenvalue weighted by atomic mass is 10.1. The Morgan fingerprint density at radius 1 is 0.935 bits per heavy atom. The van der Waals surface area contributed by atoms with Gasteiger partial charge in [0.25, 0.3) is 0 Å². The van der Waals surface area contributed by atoms with E-state index < -0.39 is 0 Å². The molecule has 0 aromatic carbocycles. The molecule has 0 spiro atoms. The van der Waals surface area contributed by atoms with Crippen molar-refractivity contribution in [3.8, 4) is 22.6 Å². The Bertz CT molecular complexity index is 1360. The van der Waals surface area contributed by atoms with Crippen molar-refractivity contribution in [1.82, 2.24) is 40.0 Å². The average molecular weight is 411 g/mol. The van der Waals surface area contributed by atoms with Gasteiger partial charge in [-0.1, -0.05) is 6.07 Å². The molecule has 6 rings (SSSR count). The number of aromatic amines is 2. The van der Waals surface area contributed by atoms with Crippen molar-refractivity contribution in [1.29, 1.82) is 0 Å². The van der Waals surface area contributed by atoms with Crippen LogP contribution >= 0.6 is 0 Å². The van der Waals surface area contributed by atoms with E-state index in [1.807, 2.05) is 36.8 Å². The van der Waals surface area contributed by atoms with E-state index in [4.69, 9.17) is 4.98 Å². The lowest BCUT2D eigenvalue weighted by Gasteiger charge is -2.33. The molecule has 1 aliphatic heterocycles. The number of aromatic nitrogens is 7. The molecule has 0 bridgehead atoms. The number of anilines is 1. The molecule has 5 aromatic rings. The number of fused-ring (bicyclic) bond motifs is 2. The summed E-state index contributed by atoms with van der Waals surface area (Å²) in [5.74, 6) is 0.681. The maximum Gasteiger partial charge on any atom is 0.161 e. The number of nitrogens with one attached hydrogen (secondary N) is 2. The molecule has 1 aliphatic rings. The zero-order valence-corrected chi connectivity index (χ0v) is 17.1. The monoisotopic (exact) mass is 411 g/mol. The molecule has 1 fully saturated rings. The molecule has 0 atom stereocenters. The molecule has 0 amide bonds. The van der Waals surface area contributed by atoms with Crippen LogP contribution < -0.4 is 4.90 Å². The predicted molar refractivity (Wildman–Crippen MR) is 120 cm³/mol. The smallest absolute Gasteiger partial charge is 0.161 e. The minimum atomic E-state index is 0.681. The van der Waals surface area contributed by atoms with E-state index in [0.29, 0.717) is 5.82 Å². The third kappa shape index (κ3) is 3.10. The highest BCUT2D eigenvalue weighted by Crippen LogP contribution is 2.31. The molecular formula is C22H21N9. The third-order valence-corrected chi connectivity index (χ3v) is 5.84. The number of piperazine rings is 1. The van der Waals surface area contributed by atoms with E-state index in [-0.39, 0.29) is 0 Å². The van der Waals surface area contributed by atoms with Crippen molar-refractivity contribution < 1.29 is 0 Å².